The molecule has 1 unspecified atom stereocenters. The molecule has 6 heteroatoms. The van der Waals surface area contributed by atoms with Gasteiger partial charge in [-0.1, -0.05) is 68.4 Å². The molecule has 0 fully saturated rings. The van der Waals surface area contributed by atoms with E-state index in [1.54, 1.807) is 0 Å². The summed E-state index contributed by atoms with van der Waals surface area (Å²) in [5, 5.41) is 11.3. The molecule has 0 aliphatic carbocycles. The molecule has 2 amide bonds. The number of primary amides is 1. The number of hydrogen-bond acceptors (Lipinski definition) is 3. The summed E-state index contributed by atoms with van der Waals surface area (Å²) in [5.74, 6) is -2.41. The van der Waals surface area contributed by atoms with Gasteiger partial charge in [-0.3, -0.25) is 9.59 Å². The number of carboxylic acid groups (broad SMARTS) is 1. The van der Waals surface area contributed by atoms with Crippen LogP contribution in [-0.4, -0.2) is 28.9 Å². The number of allylic oxidation sites excluding steroid dienone is 8. The van der Waals surface area contributed by atoms with Crippen LogP contribution in [0.2, 0.25) is 0 Å². The second-order valence-electron chi connectivity index (χ2n) is 7.11. The molecule has 0 rings (SSSR count). The van der Waals surface area contributed by atoms with Crippen LogP contribution in [0.5, 0.6) is 0 Å². The molecule has 0 aliphatic heterocycles. The average Bonchev–Trinajstić information content (AvgIpc) is 2.69. The second-order valence-corrected chi connectivity index (χ2v) is 7.11. The minimum absolute atomic E-state index is 0.209. The SMILES string of the molecule is CCCCC/C=C/C/C=C/C/C=C/C/C=C/CCCC(=O)NC(CC(N)=O)C(=O)O. The number of carbonyl (C=O) groups excluding carboxylic acids is 2. The topological polar surface area (TPSA) is 109 Å². The maximum Gasteiger partial charge on any atom is 0.326 e. The molecule has 0 radical (unpaired) electrons. The summed E-state index contributed by atoms with van der Waals surface area (Å²) in [6.45, 7) is 2.22. The highest BCUT2D eigenvalue weighted by molar-refractivity contribution is 5.88. The van der Waals surface area contributed by atoms with Crippen molar-refractivity contribution in [2.45, 2.75) is 83.6 Å². The fourth-order valence-electron chi connectivity index (χ4n) is 2.61. The number of amides is 2. The first kappa shape index (κ1) is 27.4. The van der Waals surface area contributed by atoms with Crippen molar-refractivity contribution in [1.29, 1.82) is 0 Å². The maximum atomic E-state index is 11.7. The normalized spacial score (nSPS) is 13.0. The zero-order chi connectivity index (χ0) is 22.5. The van der Waals surface area contributed by atoms with Crippen LogP contribution >= 0.6 is 0 Å². The van der Waals surface area contributed by atoms with Crippen LogP contribution in [0.15, 0.2) is 48.6 Å². The van der Waals surface area contributed by atoms with Crippen LogP contribution in [-0.2, 0) is 14.4 Å². The third kappa shape index (κ3) is 18.7. The molecule has 0 heterocycles. The standard InChI is InChI=1S/C24H38N2O4/c1-2-3-4-5-6-7-8-9-10-11-12-13-14-15-16-17-18-19-23(28)26-21(24(29)30)20-22(25)27/h6-7,9-10,12-13,15-16,21H,2-5,8,11,14,17-20H2,1H3,(H2,25,27)(H,26,28)(H,29,30)/b7-6+,10-9+,13-12+,16-15+. The van der Waals surface area contributed by atoms with Gasteiger partial charge in [0.1, 0.15) is 6.04 Å². The van der Waals surface area contributed by atoms with Gasteiger partial charge in [0, 0.05) is 6.42 Å². The molecule has 0 spiro atoms. The Bertz CT molecular complexity index is 606. The van der Waals surface area contributed by atoms with Gasteiger partial charge in [0.25, 0.3) is 0 Å². The van der Waals surface area contributed by atoms with Crippen LogP contribution in [0.4, 0.5) is 0 Å². The van der Waals surface area contributed by atoms with Gasteiger partial charge in [0.15, 0.2) is 0 Å². The molecule has 0 aromatic heterocycles. The van der Waals surface area contributed by atoms with Gasteiger partial charge in [-0.25, -0.2) is 4.79 Å². The molecule has 0 bridgehead atoms. The third-order valence-electron chi connectivity index (χ3n) is 4.27. The molecule has 4 N–H and O–H groups in total. The predicted molar refractivity (Wildman–Crippen MR) is 122 cm³/mol. The van der Waals surface area contributed by atoms with Gasteiger partial charge >= 0.3 is 5.97 Å². The molecule has 0 aliphatic rings. The van der Waals surface area contributed by atoms with E-state index >= 15 is 0 Å². The summed E-state index contributed by atoms with van der Waals surface area (Å²) in [7, 11) is 0. The van der Waals surface area contributed by atoms with Crippen LogP contribution in [0.25, 0.3) is 0 Å². The van der Waals surface area contributed by atoms with Gasteiger partial charge in [-0.2, -0.15) is 0 Å². The van der Waals surface area contributed by atoms with Crippen molar-refractivity contribution in [3.8, 4) is 0 Å². The largest absolute Gasteiger partial charge is 0.480 e. The Labute approximate surface area is 181 Å². The van der Waals surface area contributed by atoms with E-state index in [0.29, 0.717) is 6.42 Å². The monoisotopic (exact) mass is 418 g/mol. The molecule has 30 heavy (non-hydrogen) atoms. The summed E-state index contributed by atoms with van der Waals surface area (Å²) in [4.78, 5) is 33.5. The van der Waals surface area contributed by atoms with E-state index in [1.165, 1.54) is 25.7 Å². The lowest BCUT2D eigenvalue weighted by atomic mass is 10.1. The van der Waals surface area contributed by atoms with Crippen molar-refractivity contribution in [3.63, 3.8) is 0 Å². The Morgan fingerprint density at radius 3 is 1.80 bits per heavy atom. The van der Waals surface area contributed by atoms with Crippen molar-refractivity contribution < 1.29 is 19.5 Å². The van der Waals surface area contributed by atoms with Crippen molar-refractivity contribution in [2.75, 3.05) is 0 Å². The first-order chi connectivity index (χ1) is 14.5. The smallest absolute Gasteiger partial charge is 0.326 e. The summed E-state index contributed by atoms with van der Waals surface area (Å²) < 4.78 is 0. The van der Waals surface area contributed by atoms with Gasteiger partial charge in [-0.05, 0) is 44.9 Å². The molecule has 168 valence electrons. The minimum atomic E-state index is -1.26. The van der Waals surface area contributed by atoms with Gasteiger partial charge in [-0.15, -0.1) is 0 Å². The zero-order valence-electron chi connectivity index (χ0n) is 18.2. The van der Waals surface area contributed by atoms with E-state index in [2.05, 4.69) is 48.7 Å². The maximum absolute atomic E-state index is 11.7. The van der Waals surface area contributed by atoms with Gasteiger partial charge in [0.05, 0.1) is 6.42 Å². The van der Waals surface area contributed by atoms with Gasteiger partial charge < -0.3 is 16.2 Å². The zero-order valence-corrected chi connectivity index (χ0v) is 18.2. The molecular weight excluding hydrogens is 380 g/mol. The number of unbranched alkanes of at least 4 members (excludes halogenated alkanes) is 4. The third-order valence-corrected chi connectivity index (χ3v) is 4.27. The highest BCUT2D eigenvalue weighted by Gasteiger charge is 2.21. The molecule has 0 aromatic rings. The van der Waals surface area contributed by atoms with Crippen LogP contribution in [0, 0.1) is 0 Å². The Kier molecular flexibility index (Phi) is 18.0. The Morgan fingerprint density at radius 2 is 1.33 bits per heavy atom. The first-order valence-corrected chi connectivity index (χ1v) is 10.9. The Hall–Kier alpha value is -2.63. The van der Waals surface area contributed by atoms with E-state index in [1.807, 2.05) is 12.2 Å². The van der Waals surface area contributed by atoms with Crippen molar-refractivity contribution >= 4 is 17.8 Å². The highest BCUT2D eigenvalue weighted by Crippen LogP contribution is 2.02. The van der Waals surface area contributed by atoms with Crippen LogP contribution < -0.4 is 11.1 Å². The molecule has 0 aromatic carbocycles. The lowest BCUT2D eigenvalue weighted by molar-refractivity contribution is -0.143. The summed E-state index contributed by atoms with van der Waals surface area (Å²) >= 11 is 0. The van der Waals surface area contributed by atoms with Crippen molar-refractivity contribution in [1.82, 2.24) is 5.32 Å². The summed E-state index contributed by atoms with van der Waals surface area (Å²) in [6.07, 6.45) is 26.1. The number of carboxylic acids is 1. The highest BCUT2D eigenvalue weighted by atomic mass is 16.4. The molecule has 0 saturated heterocycles. The van der Waals surface area contributed by atoms with Crippen molar-refractivity contribution in [2.24, 2.45) is 5.73 Å². The number of aliphatic carboxylic acids is 1. The number of carbonyl (C=O) groups is 3. The molecule has 0 saturated carbocycles. The van der Waals surface area contributed by atoms with E-state index < -0.39 is 24.3 Å². The van der Waals surface area contributed by atoms with E-state index in [4.69, 9.17) is 10.8 Å². The molecule has 1 atom stereocenters. The van der Waals surface area contributed by atoms with Crippen molar-refractivity contribution in [3.05, 3.63) is 48.6 Å². The number of hydrogen-bond donors (Lipinski definition) is 3. The lowest BCUT2D eigenvalue weighted by Crippen LogP contribution is -2.43. The number of rotatable bonds is 18. The molecular formula is C24H38N2O4. The first-order valence-electron chi connectivity index (χ1n) is 10.9. The lowest BCUT2D eigenvalue weighted by Gasteiger charge is -2.12. The molecule has 6 nitrogen and oxygen atoms in total. The van der Waals surface area contributed by atoms with Crippen LogP contribution in [0.3, 0.4) is 0 Å². The average molecular weight is 419 g/mol. The summed E-state index contributed by atoms with van der Waals surface area (Å²) in [6, 6.07) is -1.26. The van der Waals surface area contributed by atoms with E-state index in [9.17, 15) is 14.4 Å². The second kappa shape index (κ2) is 19.7. The van der Waals surface area contributed by atoms with E-state index in [-0.39, 0.29) is 12.3 Å². The quantitative estimate of drug-likeness (QED) is 0.224. The number of nitrogens with one attached hydrogen (secondary N) is 1. The fraction of sp³-hybridized carbons (Fsp3) is 0.542. The Morgan fingerprint density at radius 1 is 0.833 bits per heavy atom. The number of nitrogens with two attached hydrogens (primary N) is 1. The Balaban J connectivity index is 3.74. The minimum Gasteiger partial charge on any atom is -0.480 e. The van der Waals surface area contributed by atoms with Gasteiger partial charge in [0.2, 0.25) is 11.8 Å². The van der Waals surface area contributed by atoms with E-state index in [0.717, 1.165) is 25.7 Å². The summed E-state index contributed by atoms with van der Waals surface area (Å²) in [5.41, 5.74) is 4.98. The fourth-order valence-corrected chi connectivity index (χ4v) is 2.61. The van der Waals surface area contributed by atoms with Crippen LogP contribution in [0.1, 0.15) is 77.6 Å². The predicted octanol–water partition coefficient (Wildman–Crippen LogP) is 4.58.